The van der Waals surface area contributed by atoms with E-state index in [0.29, 0.717) is 6.61 Å². The maximum absolute atomic E-state index is 6.32. The van der Waals surface area contributed by atoms with Crippen LogP contribution in [0.1, 0.15) is 24.8 Å². The maximum atomic E-state index is 6.32. The Morgan fingerprint density at radius 2 is 2.28 bits per heavy atom. The SMILES string of the molecule is ClC1=c2[nH]cc(C3=CCOCC3)c2=NC=CCC1. The third kappa shape index (κ3) is 2.16. The smallest absolute Gasteiger partial charge is 0.0965 e. The molecular weight excluding hydrogens is 248 g/mol. The Hall–Kier alpha value is -1.32. The second kappa shape index (κ2) is 5.12. The van der Waals surface area contributed by atoms with E-state index in [9.17, 15) is 0 Å². The molecule has 0 saturated heterocycles. The van der Waals surface area contributed by atoms with Gasteiger partial charge in [0.25, 0.3) is 0 Å². The van der Waals surface area contributed by atoms with E-state index in [1.807, 2.05) is 12.4 Å². The van der Waals surface area contributed by atoms with Gasteiger partial charge in [-0.1, -0.05) is 23.8 Å². The molecule has 0 aliphatic carbocycles. The highest BCUT2D eigenvalue weighted by Gasteiger charge is 2.12. The number of nitrogens with one attached hydrogen (secondary N) is 1. The van der Waals surface area contributed by atoms with Crippen LogP contribution in [0.4, 0.5) is 0 Å². The second-order valence-electron chi connectivity index (χ2n) is 4.44. The lowest BCUT2D eigenvalue weighted by molar-refractivity contribution is 0.161. The van der Waals surface area contributed by atoms with E-state index in [1.165, 1.54) is 5.57 Å². The maximum Gasteiger partial charge on any atom is 0.0965 e. The summed E-state index contributed by atoms with van der Waals surface area (Å²) in [5.74, 6) is 0. The van der Waals surface area contributed by atoms with Crippen LogP contribution < -0.4 is 10.7 Å². The minimum absolute atomic E-state index is 0.683. The van der Waals surface area contributed by atoms with Gasteiger partial charge >= 0.3 is 0 Å². The molecule has 4 heteroatoms. The molecule has 3 rings (SSSR count). The molecule has 0 atom stereocenters. The van der Waals surface area contributed by atoms with Gasteiger partial charge in [-0.25, -0.2) is 0 Å². The number of H-pyrrole nitrogens is 1. The largest absolute Gasteiger partial charge is 0.377 e. The summed E-state index contributed by atoms with van der Waals surface area (Å²) in [5, 5.41) is 2.78. The van der Waals surface area contributed by atoms with Gasteiger partial charge < -0.3 is 9.72 Å². The summed E-state index contributed by atoms with van der Waals surface area (Å²) in [6.45, 7) is 1.46. The lowest BCUT2D eigenvalue weighted by Crippen LogP contribution is -2.27. The van der Waals surface area contributed by atoms with Crippen LogP contribution in [-0.4, -0.2) is 18.2 Å². The predicted molar refractivity (Wildman–Crippen MR) is 72.6 cm³/mol. The highest BCUT2D eigenvalue weighted by atomic mass is 35.5. The number of hydrogen-bond donors (Lipinski definition) is 1. The van der Waals surface area contributed by atoms with Crippen molar-refractivity contribution in [3.63, 3.8) is 0 Å². The van der Waals surface area contributed by atoms with Crippen molar-refractivity contribution in [3.05, 3.63) is 40.8 Å². The Morgan fingerprint density at radius 3 is 3.11 bits per heavy atom. The molecule has 0 saturated carbocycles. The summed E-state index contributed by atoms with van der Waals surface area (Å²) in [7, 11) is 0. The normalized spacial score (nSPS) is 19.6. The zero-order chi connectivity index (χ0) is 12.4. The molecule has 94 valence electrons. The summed E-state index contributed by atoms with van der Waals surface area (Å²) < 4.78 is 5.35. The molecule has 1 aromatic rings. The van der Waals surface area contributed by atoms with E-state index >= 15 is 0 Å². The van der Waals surface area contributed by atoms with Gasteiger partial charge in [-0.15, -0.1) is 0 Å². The summed E-state index contributed by atoms with van der Waals surface area (Å²) in [4.78, 5) is 7.80. The average molecular weight is 263 g/mol. The quantitative estimate of drug-likeness (QED) is 0.827. The number of aromatic nitrogens is 1. The number of aromatic amines is 1. The van der Waals surface area contributed by atoms with Crippen LogP contribution in [0.2, 0.25) is 0 Å². The first kappa shape index (κ1) is 11.8. The summed E-state index contributed by atoms with van der Waals surface area (Å²) in [6, 6.07) is 0. The first-order valence-corrected chi connectivity index (χ1v) is 6.60. The fourth-order valence-corrected chi connectivity index (χ4v) is 2.56. The number of ether oxygens (including phenoxy) is 1. The molecule has 3 nitrogen and oxygen atoms in total. The van der Waals surface area contributed by atoms with Gasteiger partial charge in [0.15, 0.2) is 0 Å². The molecular formula is C14H15ClN2O. The Bertz CT molecular complexity index is 625. The highest BCUT2D eigenvalue weighted by Crippen LogP contribution is 2.18. The number of nitrogens with zero attached hydrogens (tertiary/aromatic N) is 1. The average Bonchev–Trinajstić information content (AvgIpc) is 2.80. The number of halogens is 1. The van der Waals surface area contributed by atoms with Gasteiger partial charge in [-0.2, -0.15) is 0 Å². The van der Waals surface area contributed by atoms with Gasteiger partial charge in [-0.05, 0) is 24.8 Å². The van der Waals surface area contributed by atoms with Crippen LogP contribution in [0.3, 0.4) is 0 Å². The molecule has 18 heavy (non-hydrogen) atoms. The molecule has 2 aliphatic rings. The summed E-state index contributed by atoms with van der Waals surface area (Å²) in [5.41, 5.74) is 2.44. The van der Waals surface area contributed by atoms with Gasteiger partial charge in [0.1, 0.15) is 0 Å². The van der Waals surface area contributed by atoms with E-state index in [1.54, 1.807) is 0 Å². The zero-order valence-corrected chi connectivity index (χ0v) is 10.8. The monoisotopic (exact) mass is 262 g/mol. The number of fused-ring (bicyclic) bond motifs is 1. The Balaban J connectivity index is 2.20. The van der Waals surface area contributed by atoms with Crippen molar-refractivity contribution >= 4 is 22.2 Å². The lowest BCUT2D eigenvalue weighted by Gasteiger charge is -2.11. The van der Waals surface area contributed by atoms with Gasteiger partial charge in [0, 0.05) is 23.0 Å². The molecule has 2 aliphatic heterocycles. The molecule has 1 N–H and O–H groups in total. The molecule has 1 aromatic heterocycles. The van der Waals surface area contributed by atoms with Gasteiger partial charge in [-0.3, -0.25) is 4.99 Å². The summed E-state index contributed by atoms with van der Waals surface area (Å²) >= 11 is 6.32. The van der Waals surface area contributed by atoms with E-state index in [4.69, 9.17) is 16.3 Å². The minimum Gasteiger partial charge on any atom is -0.377 e. The molecule has 0 aromatic carbocycles. The van der Waals surface area contributed by atoms with Crippen LogP contribution in [0, 0.1) is 0 Å². The van der Waals surface area contributed by atoms with Crippen LogP contribution in [-0.2, 0) is 4.74 Å². The van der Waals surface area contributed by atoms with Crippen molar-refractivity contribution in [1.29, 1.82) is 0 Å². The van der Waals surface area contributed by atoms with Crippen molar-refractivity contribution in [2.24, 2.45) is 4.99 Å². The third-order valence-electron chi connectivity index (χ3n) is 3.27. The number of hydrogen-bond acceptors (Lipinski definition) is 2. The van der Waals surface area contributed by atoms with Gasteiger partial charge in [0.2, 0.25) is 0 Å². The van der Waals surface area contributed by atoms with Crippen LogP contribution >= 0.6 is 11.6 Å². The lowest BCUT2D eigenvalue weighted by atomic mass is 10.0. The molecule has 3 heterocycles. The van der Waals surface area contributed by atoms with Crippen LogP contribution in [0.25, 0.3) is 10.6 Å². The minimum atomic E-state index is 0.683. The molecule has 0 unspecified atom stereocenters. The van der Waals surface area contributed by atoms with Crippen molar-refractivity contribution in [3.8, 4) is 0 Å². The van der Waals surface area contributed by atoms with Crippen molar-refractivity contribution in [2.45, 2.75) is 19.3 Å². The highest BCUT2D eigenvalue weighted by molar-refractivity contribution is 6.44. The van der Waals surface area contributed by atoms with E-state index in [2.05, 4.69) is 22.1 Å². The van der Waals surface area contributed by atoms with Gasteiger partial charge in [0.05, 0.1) is 23.9 Å². The predicted octanol–water partition coefficient (Wildman–Crippen LogP) is 2.09. The van der Waals surface area contributed by atoms with E-state index < -0.39 is 0 Å². The second-order valence-corrected chi connectivity index (χ2v) is 4.89. The number of allylic oxidation sites excluding steroid dienone is 1. The zero-order valence-electron chi connectivity index (χ0n) is 10.1. The van der Waals surface area contributed by atoms with E-state index in [0.717, 1.165) is 47.2 Å². The molecule has 0 amide bonds. The standard InChI is InChI=1S/C14H15ClN2O/c15-12-3-1-2-6-16-13-11(9-17-14(12)13)10-4-7-18-8-5-10/h2,4,6,9,17H,1,3,5,7-8H2. The van der Waals surface area contributed by atoms with E-state index in [-0.39, 0.29) is 0 Å². The summed E-state index contributed by atoms with van der Waals surface area (Å²) in [6.07, 6.45) is 10.8. The fourth-order valence-electron chi connectivity index (χ4n) is 2.31. The van der Waals surface area contributed by atoms with Crippen molar-refractivity contribution in [2.75, 3.05) is 13.2 Å². The topological polar surface area (TPSA) is 37.4 Å². The Labute approximate surface area is 111 Å². The van der Waals surface area contributed by atoms with Crippen LogP contribution in [0.15, 0.2) is 29.5 Å². The fraction of sp³-hybridized carbons (Fsp3) is 0.357. The van der Waals surface area contributed by atoms with Crippen molar-refractivity contribution in [1.82, 2.24) is 4.98 Å². The molecule has 0 fully saturated rings. The molecule has 0 bridgehead atoms. The van der Waals surface area contributed by atoms with Crippen molar-refractivity contribution < 1.29 is 4.74 Å². The first-order chi connectivity index (χ1) is 8.86. The third-order valence-corrected chi connectivity index (χ3v) is 3.65. The van der Waals surface area contributed by atoms with Crippen LogP contribution in [0.5, 0.6) is 0 Å². The first-order valence-electron chi connectivity index (χ1n) is 6.22. The molecule has 0 spiro atoms. The Morgan fingerprint density at radius 1 is 1.33 bits per heavy atom. The number of rotatable bonds is 1. The molecule has 0 radical (unpaired) electrons. The Kier molecular flexibility index (Phi) is 3.35.